The van der Waals surface area contributed by atoms with Crippen LogP contribution in [0.25, 0.3) is 22.4 Å². The van der Waals surface area contributed by atoms with E-state index in [1.807, 2.05) is 64.1 Å². The molecule has 0 radical (unpaired) electrons. The fourth-order valence-corrected chi connectivity index (χ4v) is 7.33. The number of nitrogens with one attached hydrogen (secondary N) is 4. The molecule has 14 heteroatoms. The van der Waals surface area contributed by atoms with Crippen molar-refractivity contribution < 1.29 is 28.7 Å². The van der Waals surface area contributed by atoms with Crippen molar-refractivity contribution in [3.05, 3.63) is 83.8 Å². The van der Waals surface area contributed by atoms with Crippen LogP contribution in [0.15, 0.2) is 60.9 Å². The topological polar surface area (TPSA) is 175 Å². The minimum atomic E-state index is -0.695. The first-order valence-electron chi connectivity index (χ1n) is 19.1. The molecule has 0 saturated carbocycles. The van der Waals surface area contributed by atoms with Crippen molar-refractivity contribution in [2.24, 2.45) is 11.8 Å². The van der Waals surface area contributed by atoms with Gasteiger partial charge in [-0.1, -0.05) is 70.0 Å². The largest absolute Gasteiger partial charge is 0.453 e. The van der Waals surface area contributed by atoms with E-state index in [9.17, 15) is 19.2 Å². The van der Waals surface area contributed by atoms with E-state index in [0.29, 0.717) is 24.6 Å². The number of methoxy groups -OCH3 is 2. The van der Waals surface area contributed by atoms with Gasteiger partial charge in [-0.3, -0.25) is 9.59 Å². The van der Waals surface area contributed by atoms with Crippen LogP contribution in [0.1, 0.15) is 88.4 Å². The highest BCUT2D eigenvalue weighted by Crippen LogP contribution is 2.34. The highest BCUT2D eigenvalue weighted by atomic mass is 16.5. The number of hydrogen-bond donors (Lipinski definition) is 4. The second kappa shape index (κ2) is 17.6. The fourth-order valence-electron chi connectivity index (χ4n) is 7.33. The fraction of sp³-hybridized carbons (Fsp3) is 0.429. The first-order chi connectivity index (χ1) is 27.0. The molecule has 0 aliphatic carbocycles. The van der Waals surface area contributed by atoms with E-state index < -0.39 is 24.3 Å². The molecule has 4 heterocycles. The van der Waals surface area contributed by atoms with E-state index >= 15 is 0 Å². The molecule has 2 aliphatic rings. The lowest BCUT2D eigenvalue weighted by Crippen LogP contribution is -2.51. The summed E-state index contributed by atoms with van der Waals surface area (Å²) in [6, 6.07) is 14.4. The Morgan fingerprint density at radius 2 is 1.23 bits per heavy atom. The van der Waals surface area contributed by atoms with Gasteiger partial charge in [-0.2, -0.15) is 0 Å². The summed E-state index contributed by atoms with van der Waals surface area (Å²) in [5, 5.41) is 5.37. The maximum atomic E-state index is 13.5. The number of carbonyl (C=O) groups excluding carboxylic acids is 4. The van der Waals surface area contributed by atoms with Crippen molar-refractivity contribution >= 4 is 24.0 Å². The van der Waals surface area contributed by atoms with Gasteiger partial charge in [0.1, 0.15) is 29.4 Å². The number of amides is 4. The average molecular weight is 763 g/mol. The molecule has 2 saturated heterocycles. The number of H-pyrrole nitrogens is 2. The summed E-state index contributed by atoms with van der Waals surface area (Å²) in [6.07, 6.45) is 5.52. The number of likely N-dealkylation sites (tertiary alicyclic amines) is 2. The smallest absolute Gasteiger partial charge is 0.407 e. The van der Waals surface area contributed by atoms with E-state index in [0.717, 1.165) is 59.5 Å². The lowest BCUT2D eigenvalue weighted by Gasteiger charge is -2.30. The van der Waals surface area contributed by atoms with Crippen LogP contribution in [0.4, 0.5) is 9.59 Å². The number of nitrogens with zero attached hydrogens (tertiary/aromatic N) is 4. The first kappa shape index (κ1) is 39.6. The van der Waals surface area contributed by atoms with E-state index in [1.165, 1.54) is 14.2 Å². The molecule has 56 heavy (non-hydrogen) atoms. The van der Waals surface area contributed by atoms with Gasteiger partial charge in [-0.15, -0.1) is 0 Å². The highest BCUT2D eigenvalue weighted by molar-refractivity contribution is 5.87. The molecule has 0 spiro atoms. The van der Waals surface area contributed by atoms with Gasteiger partial charge in [-0.25, -0.2) is 19.6 Å². The number of imidazole rings is 2. The summed E-state index contributed by atoms with van der Waals surface area (Å²) in [7, 11) is 2.57. The predicted octanol–water partition coefficient (Wildman–Crippen LogP) is 5.95. The molecule has 6 rings (SSSR count). The molecule has 2 aliphatic heterocycles. The van der Waals surface area contributed by atoms with Crippen LogP contribution in [0.5, 0.6) is 0 Å². The standard InChI is InChI=1S/C42H50N8O6/c1-25(2)35(47-41(53)55-5)39(51)49-21-7-9-33(49)37-43-23-31(45-37)20-13-27-11-14-28(15-12-27)29-16-18-30(19-17-29)32-24-44-38(46-32)34-10-8-22-50(34)40(52)36(26(3)4)48-42(54)56-6/h11-12,14-19,23-26,33-36H,7-10,21-22H2,1-6H3,(H,43,45)(H,44,46)(H,47,53)(H,48,54). The second-order valence-electron chi connectivity index (χ2n) is 14.9. The van der Waals surface area contributed by atoms with Crippen molar-refractivity contribution in [3.8, 4) is 34.2 Å². The van der Waals surface area contributed by atoms with Crippen molar-refractivity contribution in [2.75, 3.05) is 27.3 Å². The first-order valence-corrected chi connectivity index (χ1v) is 19.1. The Labute approximate surface area is 327 Å². The lowest BCUT2D eigenvalue weighted by atomic mass is 10.0. The zero-order valence-corrected chi connectivity index (χ0v) is 32.7. The molecule has 2 aromatic carbocycles. The minimum absolute atomic E-state index is 0.105. The summed E-state index contributed by atoms with van der Waals surface area (Å²) in [5.74, 6) is 7.21. The Kier molecular flexibility index (Phi) is 12.4. The summed E-state index contributed by atoms with van der Waals surface area (Å²) < 4.78 is 9.48. The number of aromatic amines is 2. The van der Waals surface area contributed by atoms with Gasteiger partial charge in [-0.05, 0) is 72.3 Å². The average Bonchev–Trinajstić information content (AvgIpc) is 4.04. The van der Waals surface area contributed by atoms with Gasteiger partial charge in [0.25, 0.3) is 0 Å². The third kappa shape index (κ3) is 8.88. The van der Waals surface area contributed by atoms with Crippen LogP contribution >= 0.6 is 0 Å². The van der Waals surface area contributed by atoms with Gasteiger partial charge in [0.05, 0.1) is 38.2 Å². The van der Waals surface area contributed by atoms with Gasteiger partial charge in [0.2, 0.25) is 11.8 Å². The quantitative estimate of drug-likeness (QED) is 0.143. The highest BCUT2D eigenvalue weighted by Gasteiger charge is 2.39. The van der Waals surface area contributed by atoms with E-state index in [1.54, 1.807) is 22.2 Å². The van der Waals surface area contributed by atoms with Crippen LogP contribution in [0, 0.1) is 23.7 Å². The number of carbonyl (C=O) groups is 4. The molecule has 4 aromatic rings. The molecule has 14 nitrogen and oxygen atoms in total. The number of alkyl carbamates (subject to hydrolysis) is 2. The molecule has 4 unspecified atom stereocenters. The molecule has 4 N–H and O–H groups in total. The third-order valence-electron chi connectivity index (χ3n) is 10.4. The van der Waals surface area contributed by atoms with E-state index in [-0.39, 0.29) is 35.7 Å². The Morgan fingerprint density at radius 3 is 1.75 bits per heavy atom. The molecule has 2 fully saturated rings. The Bertz CT molecular complexity index is 2080. The van der Waals surface area contributed by atoms with Crippen LogP contribution in [0.2, 0.25) is 0 Å². The van der Waals surface area contributed by atoms with E-state index in [4.69, 9.17) is 14.5 Å². The van der Waals surface area contributed by atoms with Crippen LogP contribution in [-0.2, 0) is 19.1 Å². The van der Waals surface area contributed by atoms with Crippen molar-refractivity contribution in [1.29, 1.82) is 0 Å². The van der Waals surface area contributed by atoms with Gasteiger partial charge in [0.15, 0.2) is 0 Å². The van der Waals surface area contributed by atoms with Gasteiger partial charge in [0, 0.05) is 24.8 Å². The Hall–Kier alpha value is -6.10. The van der Waals surface area contributed by atoms with E-state index in [2.05, 4.69) is 49.6 Å². The van der Waals surface area contributed by atoms with Crippen molar-refractivity contribution in [3.63, 3.8) is 0 Å². The summed E-state index contributed by atoms with van der Waals surface area (Å²) >= 11 is 0. The molecule has 4 amide bonds. The molecule has 294 valence electrons. The zero-order chi connectivity index (χ0) is 39.9. The van der Waals surface area contributed by atoms with Crippen molar-refractivity contribution in [1.82, 2.24) is 40.4 Å². The summed E-state index contributed by atoms with van der Waals surface area (Å²) in [4.78, 5) is 70.4. The second-order valence-corrected chi connectivity index (χ2v) is 14.9. The van der Waals surface area contributed by atoms with Crippen LogP contribution in [0.3, 0.4) is 0 Å². The molecule has 2 aromatic heterocycles. The minimum Gasteiger partial charge on any atom is -0.453 e. The third-order valence-corrected chi connectivity index (χ3v) is 10.4. The van der Waals surface area contributed by atoms with Crippen LogP contribution < -0.4 is 10.6 Å². The number of ether oxygens (including phenoxy) is 2. The maximum absolute atomic E-state index is 13.5. The molecular formula is C42H50N8O6. The Morgan fingerprint density at radius 1 is 0.732 bits per heavy atom. The van der Waals surface area contributed by atoms with Crippen molar-refractivity contribution in [2.45, 2.75) is 77.5 Å². The zero-order valence-electron chi connectivity index (χ0n) is 32.7. The SMILES string of the molecule is COC(=O)NC(C(=O)N1CCCC1c1nc(C#Cc2ccc(-c3ccc(-c4cnc(C5CCCN5C(=O)C(NC(=O)OC)C(C)C)[nH]4)cc3)cc2)c[nH]1)C(C)C. The normalized spacial score (nSPS) is 17.6. The summed E-state index contributed by atoms with van der Waals surface area (Å²) in [5.41, 5.74) is 5.34. The number of aromatic nitrogens is 4. The number of rotatable bonds is 10. The predicted molar refractivity (Wildman–Crippen MR) is 210 cm³/mol. The van der Waals surface area contributed by atoms with Gasteiger partial charge < -0.3 is 39.9 Å². The van der Waals surface area contributed by atoms with Crippen LogP contribution in [-0.4, -0.2) is 93.1 Å². The molecular weight excluding hydrogens is 713 g/mol. The maximum Gasteiger partial charge on any atom is 0.407 e. The molecule has 0 bridgehead atoms. The summed E-state index contributed by atoms with van der Waals surface area (Å²) in [6.45, 7) is 8.75. The molecule has 4 atom stereocenters. The Balaban J connectivity index is 1.08. The van der Waals surface area contributed by atoms with Gasteiger partial charge >= 0.3 is 12.2 Å². The number of benzene rings is 2. The lowest BCUT2D eigenvalue weighted by molar-refractivity contribution is -0.136. The monoisotopic (exact) mass is 762 g/mol. The number of hydrogen-bond acceptors (Lipinski definition) is 8.